The van der Waals surface area contributed by atoms with E-state index in [1.807, 2.05) is 57.2 Å². The van der Waals surface area contributed by atoms with Crippen LogP contribution in [0.1, 0.15) is 50.6 Å². The zero-order valence-corrected chi connectivity index (χ0v) is 19.4. The van der Waals surface area contributed by atoms with Gasteiger partial charge < -0.3 is 15.8 Å². The number of anilines is 1. The van der Waals surface area contributed by atoms with Crippen molar-refractivity contribution >= 4 is 44.1 Å². The molecule has 3 aromatic rings. The van der Waals surface area contributed by atoms with Crippen LogP contribution in [0.5, 0.6) is 5.75 Å². The predicted molar refractivity (Wildman–Crippen MR) is 125 cm³/mol. The Morgan fingerprint density at radius 3 is 2.50 bits per heavy atom. The van der Waals surface area contributed by atoms with Crippen molar-refractivity contribution in [3.8, 4) is 5.75 Å². The minimum Gasteiger partial charge on any atom is -0.490 e. The highest BCUT2D eigenvalue weighted by Gasteiger charge is 2.23. The molecule has 0 aliphatic rings. The number of thiophene rings is 1. The van der Waals surface area contributed by atoms with Gasteiger partial charge in [0.05, 0.1) is 17.2 Å². The smallest absolute Gasteiger partial charge is 0.260 e. The third kappa shape index (κ3) is 5.09. The van der Waals surface area contributed by atoms with Gasteiger partial charge in [0.2, 0.25) is 0 Å². The molecule has 1 heterocycles. The molecule has 2 amide bonds. The van der Waals surface area contributed by atoms with Gasteiger partial charge in [0.1, 0.15) is 10.8 Å². The quantitative estimate of drug-likeness (QED) is 0.459. The summed E-state index contributed by atoms with van der Waals surface area (Å²) in [4.78, 5) is 26.2. The summed E-state index contributed by atoms with van der Waals surface area (Å²) in [5.41, 5.74) is 8.28. The average Bonchev–Trinajstić information content (AvgIpc) is 2.98. The van der Waals surface area contributed by atoms with Crippen LogP contribution in [-0.2, 0) is 6.42 Å². The molecule has 0 fully saturated rings. The first kappa shape index (κ1) is 22.1. The van der Waals surface area contributed by atoms with E-state index in [2.05, 4.69) is 21.2 Å². The first-order valence-corrected chi connectivity index (χ1v) is 11.1. The molecule has 30 heavy (non-hydrogen) atoms. The van der Waals surface area contributed by atoms with Crippen molar-refractivity contribution in [3.63, 3.8) is 0 Å². The Morgan fingerprint density at radius 1 is 1.17 bits per heavy atom. The SMILES string of the molecule is Cc1c(Cc2ccccc2)sc(NC(=O)c2cc(Br)ccc2OC(C)C)c1C(N)=O. The number of hydrogen-bond donors (Lipinski definition) is 2. The van der Waals surface area contributed by atoms with Gasteiger partial charge in [-0.05, 0) is 50.1 Å². The van der Waals surface area contributed by atoms with E-state index in [1.54, 1.807) is 12.1 Å². The molecule has 0 bridgehead atoms. The number of halogens is 1. The van der Waals surface area contributed by atoms with E-state index in [9.17, 15) is 9.59 Å². The van der Waals surface area contributed by atoms with Crippen LogP contribution in [0.15, 0.2) is 53.0 Å². The molecule has 0 aliphatic carbocycles. The summed E-state index contributed by atoms with van der Waals surface area (Å²) in [6, 6.07) is 15.2. The number of carbonyl (C=O) groups excluding carboxylic acids is 2. The second-order valence-corrected chi connectivity index (χ2v) is 9.16. The number of benzene rings is 2. The van der Waals surface area contributed by atoms with Gasteiger partial charge in [-0.3, -0.25) is 9.59 Å². The molecule has 156 valence electrons. The van der Waals surface area contributed by atoms with E-state index in [-0.39, 0.29) is 12.0 Å². The number of hydrogen-bond acceptors (Lipinski definition) is 4. The number of rotatable bonds is 7. The van der Waals surface area contributed by atoms with Crippen LogP contribution in [-0.4, -0.2) is 17.9 Å². The largest absolute Gasteiger partial charge is 0.490 e. The Bertz CT molecular complexity index is 1080. The zero-order valence-electron chi connectivity index (χ0n) is 17.0. The van der Waals surface area contributed by atoms with E-state index < -0.39 is 5.91 Å². The lowest BCUT2D eigenvalue weighted by Crippen LogP contribution is -2.19. The van der Waals surface area contributed by atoms with Crippen LogP contribution < -0.4 is 15.8 Å². The molecule has 5 nitrogen and oxygen atoms in total. The van der Waals surface area contributed by atoms with E-state index >= 15 is 0 Å². The summed E-state index contributed by atoms with van der Waals surface area (Å²) in [6.07, 6.45) is 0.576. The Kier molecular flexibility index (Phi) is 6.95. The maximum atomic E-state index is 13.1. The van der Waals surface area contributed by atoms with Crippen LogP contribution in [0.4, 0.5) is 5.00 Å². The number of ether oxygens (including phenoxy) is 1. The molecule has 0 spiro atoms. The first-order chi connectivity index (χ1) is 14.3. The van der Waals surface area contributed by atoms with Crippen LogP contribution in [0.2, 0.25) is 0 Å². The highest BCUT2D eigenvalue weighted by Crippen LogP contribution is 2.35. The lowest BCUT2D eigenvalue weighted by Gasteiger charge is -2.14. The summed E-state index contributed by atoms with van der Waals surface area (Å²) in [7, 11) is 0. The molecule has 0 radical (unpaired) electrons. The minimum atomic E-state index is -0.564. The van der Waals surface area contributed by atoms with Crippen molar-refractivity contribution in [2.75, 3.05) is 5.32 Å². The summed E-state index contributed by atoms with van der Waals surface area (Å²) in [6.45, 7) is 5.65. The van der Waals surface area contributed by atoms with Crippen LogP contribution >= 0.6 is 27.3 Å². The standard InChI is InChI=1S/C23H23BrN2O3S/c1-13(2)29-18-10-9-16(24)12-17(18)22(28)26-23-20(21(25)27)14(3)19(30-23)11-15-7-5-4-6-8-15/h4-10,12-13H,11H2,1-3H3,(H2,25,27)(H,26,28). The molecule has 0 saturated carbocycles. The lowest BCUT2D eigenvalue weighted by atomic mass is 10.1. The summed E-state index contributed by atoms with van der Waals surface area (Å²) in [5, 5.41) is 3.32. The number of carbonyl (C=O) groups is 2. The van der Waals surface area contributed by atoms with E-state index in [0.29, 0.717) is 28.3 Å². The second kappa shape index (κ2) is 9.45. The van der Waals surface area contributed by atoms with Gasteiger partial charge in [-0.2, -0.15) is 0 Å². The predicted octanol–water partition coefficient (Wildman–Crippen LogP) is 5.55. The Balaban J connectivity index is 1.95. The van der Waals surface area contributed by atoms with Crippen molar-refractivity contribution in [2.24, 2.45) is 5.73 Å². The first-order valence-electron chi connectivity index (χ1n) is 9.49. The molecule has 3 rings (SSSR count). The van der Waals surface area contributed by atoms with Crippen molar-refractivity contribution in [2.45, 2.75) is 33.3 Å². The molecule has 3 N–H and O–H groups in total. The fourth-order valence-electron chi connectivity index (χ4n) is 3.10. The maximum Gasteiger partial charge on any atom is 0.260 e. The van der Waals surface area contributed by atoms with Gasteiger partial charge in [0.15, 0.2) is 0 Å². The molecule has 0 atom stereocenters. The third-order valence-corrected chi connectivity index (χ3v) is 6.18. The molecular formula is C23H23BrN2O3S. The van der Waals surface area contributed by atoms with E-state index in [1.165, 1.54) is 11.3 Å². The number of nitrogens with one attached hydrogen (secondary N) is 1. The molecule has 0 unspecified atom stereocenters. The summed E-state index contributed by atoms with van der Waals surface area (Å²) in [5.74, 6) is -0.447. The summed E-state index contributed by atoms with van der Waals surface area (Å²) < 4.78 is 6.53. The van der Waals surface area contributed by atoms with E-state index in [0.717, 1.165) is 20.5 Å². The summed E-state index contributed by atoms with van der Waals surface area (Å²) >= 11 is 4.77. The Labute approximate surface area is 188 Å². The second-order valence-electron chi connectivity index (χ2n) is 7.14. The van der Waals surface area contributed by atoms with Crippen LogP contribution in [0.25, 0.3) is 0 Å². The normalized spacial score (nSPS) is 10.8. The van der Waals surface area contributed by atoms with Crippen molar-refractivity contribution in [1.29, 1.82) is 0 Å². The maximum absolute atomic E-state index is 13.1. The zero-order chi connectivity index (χ0) is 21.8. The van der Waals surface area contributed by atoms with Crippen LogP contribution in [0.3, 0.4) is 0 Å². The molecule has 7 heteroatoms. The highest BCUT2D eigenvalue weighted by atomic mass is 79.9. The molecule has 0 saturated heterocycles. The Hall–Kier alpha value is -2.64. The molecule has 0 aliphatic heterocycles. The van der Waals surface area contributed by atoms with Gasteiger partial charge in [-0.25, -0.2) is 0 Å². The van der Waals surface area contributed by atoms with Gasteiger partial charge in [-0.1, -0.05) is 46.3 Å². The van der Waals surface area contributed by atoms with Gasteiger partial charge >= 0.3 is 0 Å². The lowest BCUT2D eigenvalue weighted by molar-refractivity contribution is 0.100. The average molecular weight is 487 g/mol. The van der Waals surface area contributed by atoms with E-state index in [4.69, 9.17) is 10.5 Å². The molecule has 1 aromatic heterocycles. The fourth-order valence-corrected chi connectivity index (χ4v) is 4.70. The minimum absolute atomic E-state index is 0.0830. The van der Waals surface area contributed by atoms with Gasteiger partial charge in [-0.15, -0.1) is 11.3 Å². The van der Waals surface area contributed by atoms with Gasteiger partial charge in [0, 0.05) is 15.8 Å². The Morgan fingerprint density at radius 2 is 1.87 bits per heavy atom. The molecular weight excluding hydrogens is 464 g/mol. The van der Waals surface area contributed by atoms with Crippen molar-refractivity contribution < 1.29 is 14.3 Å². The molecule has 2 aromatic carbocycles. The third-order valence-electron chi connectivity index (χ3n) is 4.48. The van der Waals surface area contributed by atoms with Crippen molar-refractivity contribution in [1.82, 2.24) is 0 Å². The monoisotopic (exact) mass is 486 g/mol. The van der Waals surface area contributed by atoms with Gasteiger partial charge in [0.25, 0.3) is 11.8 Å². The topological polar surface area (TPSA) is 81.4 Å². The van der Waals surface area contributed by atoms with Crippen molar-refractivity contribution in [3.05, 3.63) is 80.1 Å². The fraction of sp³-hybridized carbons (Fsp3) is 0.217. The highest BCUT2D eigenvalue weighted by molar-refractivity contribution is 9.10. The number of primary amides is 1. The van der Waals surface area contributed by atoms with Crippen LogP contribution in [0, 0.1) is 6.92 Å². The number of nitrogens with two attached hydrogens (primary N) is 1. The number of amides is 2.